The molecule has 3 aromatic carbocycles. The maximum absolute atomic E-state index is 13.7. The van der Waals surface area contributed by atoms with Crippen LogP contribution in [0.3, 0.4) is 0 Å². The Labute approximate surface area is 212 Å². The number of anilines is 1. The number of nitrogens with zero attached hydrogens (tertiary/aromatic N) is 2. The fourth-order valence-corrected chi connectivity index (χ4v) is 4.97. The van der Waals surface area contributed by atoms with E-state index in [1.165, 1.54) is 17.0 Å². The van der Waals surface area contributed by atoms with Gasteiger partial charge >= 0.3 is 0 Å². The molecule has 1 atom stereocenters. The summed E-state index contributed by atoms with van der Waals surface area (Å²) in [5, 5.41) is 4.36. The van der Waals surface area contributed by atoms with Gasteiger partial charge in [-0.1, -0.05) is 55.5 Å². The monoisotopic (exact) mass is 513 g/mol. The standard InChI is InChI=1S/C27H32FN3O4S/c1-5-24(27(33)29-19(2)3)30(17-20-13-15-22(28)16-14-20)26(32)18-31(36(4,34)35)25-12-8-10-21-9-6-7-11-23(21)25/h6-16,19,24H,5,17-18H2,1-4H3,(H,29,33). The molecule has 0 aliphatic rings. The maximum Gasteiger partial charge on any atom is 0.244 e. The molecule has 192 valence electrons. The van der Waals surface area contributed by atoms with Crippen LogP contribution in [-0.2, 0) is 26.2 Å². The van der Waals surface area contributed by atoms with E-state index in [4.69, 9.17) is 0 Å². The summed E-state index contributed by atoms with van der Waals surface area (Å²) in [5.41, 5.74) is 1.00. The van der Waals surface area contributed by atoms with Gasteiger partial charge in [0.25, 0.3) is 0 Å². The Morgan fingerprint density at radius 2 is 1.61 bits per heavy atom. The van der Waals surface area contributed by atoms with Gasteiger partial charge < -0.3 is 10.2 Å². The number of hydrogen-bond donors (Lipinski definition) is 1. The SMILES string of the molecule is CCC(C(=O)NC(C)C)N(Cc1ccc(F)cc1)C(=O)CN(c1cccc2ccccc12)S(C)(=O)=O. The van der Waals surface area contributed by atoms with Crippen LogP contribution >= 0.6 is 0 Å². The molecule has 0 saturated heterocycles. The molecule has 0 bridgehead atoms. The molecule has 0 spiro atoms. The highest BCUT2D eigenvalue weighted by atomic mass is 32.2. The van der Waals surface area contributed by atoms with Crippen molar-refractivity contribution in [2.45, 2.75) is 45.8 Å². The number of carbonyl (C=O) groups excluding carboxylic acids is 2. The summed E-state index contributed by atoms with van der Waals surface area (Å²) in [6.45, 7) is 4.97. The van der Waals surface area contributed by atoms with E-state index in [0.717, 1.165) is 15.9 Å². The molecule has 36 heavy (non-hydrogen) atoms. The fraction of sp³-hybridized carbons (Fsp3) is 0.333. The summed E-state index contributed by atoms with van der Waals surface area (Å²) in [7, 11) is -3.85. The van der Waals surface area contributed by atoms with Crippen LogP contribution in [0.1, 0.15) is 32.8 Å². The summed E-state index contributed by atoms with van der Waals surface area (Å²) in [6, 6.07) is 17.3. The van der Waals surface area contributed by atoms with Crippen LogP contribution < -0.4 is 9.62 Å². The number of benzene rings is 3. The predicted octanol–water partition coefficient (Wildman–Crippen LogP) is 4.08. The third kappa shape index (κ3) is 6.60. The average Bonchev–Trinajstić information content (AvgIpc) is 2.82. The molecule has 2 amide bonds. The molecular formula is C27H32FN3O4S. The second-order valence-electron chi connectivity index (χ2n) is 9.00. The van der Waals surface area contributed by atoms with Crippen molar-refractivity contribution in [3.63, 3.8) is 0 Å². The summed E-state index contributed by atoms with van der Waals surface area (Å²) in [4.78, 5) is 28.1. The van der Waals surface area contributed by atoms with Crippen molar-refractivity contribution >= 4 is 38.3 Å². The van der Waals surface area contributed by atoms with Crippen molar-refractivity contribution in [2.75, 3.05) is 17.1 Å². The van der Waals surface area contributed by atoms with Crippen molar-refractivity contribution in [3.05, 3.63) is 78.1 Å². The van der Waals surface area contributed by atoms with Gasteiger partial charge in [0.2, 0.25) is 21.8 Å². The van der Waals surface area contributed by atoms with Gasteiger partial charge in [-0.25, -0.2) is 12.8 Å². The van der Waals surface area contributed by atoms with Crippen molar-refractivity contribution in [2.24, 2.45) is 0 Å². The van der Waals surface area contributed by atoms with E-state index in [1.807, 2.05) is 32.0 Å². The second-order valence-corrected chi connectivity index (χ2v) is 10.9. The number of fused-ring (bicyclic) bond motifs is 1. The lowest BCUT2D eigenvalue weighted by Gasteiger charge is -2.33. The van der Waals surface area contributed by atoms with Gasteiger partial charge in [-0.2, -0.15) is 0 Å². The molecule has 0 heterocycles. The smallest absolute Gasteiger partial charge is 0.244 e. The molecule has 9 heteroatoms. The fourth-order valence-electron chi connectivity index (χ4n) is 4.11. The average molecular weight is 514 g/mol. The van der Waals surface area contributed by atoms with Gasteiger partial charge in [-0.15, -0.1) is 0 Å². The van der Waals surface area contributed by atoms with Crippen LogP contribution in [0.2, 0.25) is 0 Å². The Hall–Kier alpha value is -3.46. The van der Waals surface area contributed by atoms with Crippen LogP contribution in [0.25, 0.3) is 10.8 Å². The molecule has 3 aromatic rings. The minimum Gasteiger partial charge on any atom is -0.352 e. The van der Waals surface area contributed by atoms with E-state index < -0.39 is 34.3 Å². The first-order valence-corrected chi connectivity index (χ1v) is 13.7. The number of rotatable bonds is 10. The molecule has 3 rings (SSSR count). The van der Waals surface area contributed by atoms with E-state index in [9.17, 15) is 22.4 Å². The number of halogens is 1. The van der Waals surface area contributed by atoms with E-state index in [0.29, 0.717) is 23.1 Å². The molecule has 0 aromatic heterocycles. The van der Waals surface area contributed by atoms with Crippen molar-refractivity contribution in [1.29, 1.82) is 0 Å². The van der Waals surface area contributed by atoms with Crippen LogP contribution in [0.15, 0.2) is 66.7 Å². The van der Waals surface area contributed by atoms with Gasteiger partial charge in [0.1, 0.15) is 18.4 Å². The Bertz CT molecular complexity index is 1320. The number of nitrogens with one attached hydrogen (secondary N) is 1. The van der Waals surface area contributed by atoms with Gasteiger partial charge in [0.15, 0.2) is 0 Å². The normalized spacial score (nSPS) is 12.4. The minimum absolute atomic E-state index is 0.0241. The first-order valence-electron chi connectivity index (χ1n) is 11.8. The highest BCUT2D eigenvalue weighted by Crippen LogP contribution is 2.28. The second kappa shape index (κ2) is 11.5. The molecule has 0 aliphatic heterocycles. The summed E-state index contributed by atoms with van der Waals surface area (Å²) in [5.74, 6) is -1.29. The summed E-state index contributed by atoms with van der Waals surface area (Å²) in [6.07, 6.45) is 1.37. The molecule has 0 aliphatic carbocycles. The predicted molar refractivity (Wildman–Crippen MR) is 140 cm³/mol. The first kappa shape index (κ1) is 27.1. The van der Waals surface area contributed by atoms with E-state index in [2.05, 4.69) is 5.32 Å². The van der Waals surface area contributed by atoms with Crippen molar-refractivity contribution in [3.8, 4) is 0 Å². The highest BCUT2D eigenvalue weighted by Gasteiger charge is 2.32. The van der Waals surface area contributed by atoms with Crippen LogP contribution in [-0.4, -0.2) is 50.0 Å². The number of sulfonamides is 1. The van der Waals surface area contributed by atoms with Gasteiger partial charge in [0.05, 0.1) is 11.9 Å². The highest BCUT2D eigenvalue weighted by molar-refractivity contribution is 7.92. The third-order valence-corrected chi connectivity index (χ3v) is 6.92. The van der Waals surface area contributed by atoms with Crippen molar-refractivity contribution in [1.82, 2.24) is 10.2 Å². The zero-order valence-corrected chi connectivity index (χ0v) is 21.8. The molecule has 1 N–H and O–H groups in total. The maximum atomic E-state index is 13.7. The Kier molecular flexibility index (Phi) is 8.68. The molecule has 0 saturated carbocycles. The van der Waals surface area contributed by atoms with Crippen LogP contribution in [0, 0.1) is 5.82 Å². The van der Waals surface area contributed by atoms with Crippen LogP contribution in [0.4, 0.5) is 10.1 Å². The lowest BCUT2D eigenvalue weighted by molar-refractivity contribution is -0.140. The zero-order valence-electron chi connectivity index (χ0n) is 20.9. The number of carbonyl (C=O) groups is 2. The number of amides is 2. The summed E-state index contributed by atoms with van der Waals surface area (Å²) < 4.78 is 40.3. The minimum atomic E-state index is -3.85. The van der Waals surface area contributed by atoms with Gasteiger partial charge in [-0.05, 0) is 49.4 Å². The molecule has 7 nitrogen and oxygen atoms in total. The molecule has 0 fully saturated rings. The molecular weight excluding hydrogens is 481 g/mol. The Morgan fingerprint density at radius 1 is 0.972 bits per heavy atom. The topological polar surface area (TPSA) is 86.8 Å². The first-order chi connectivity index (χ1) is 17.0. The number of hydrogen-bond acceptors (Lipinski definition) is 4. The zero-order chi connectivity index (χ0) is 26.5. The van der Waals surface area contributed by atoms with E-state index in [-0.39, 0.29) is 18.5 Å². The Morgan fingerprint density at radius 3 is 2.22 bits per heavy atom. The lowest BCUT2D eigenvalue weighted by atomic mass is 10.1. The summed E-state index contributed by atoms with van der Waals surface area (Å²) >= 11 is 0. The molecule has 0 radical (unpaired) electrons. The van der Waals surface area contributed by atoms with Gasteiger partial charge in [-0.3, -0.25) is 13.9 Å². The van der Waals surface area contributed by atoms with E-state index in [1.54, 1.807) is 43.3 Å². The Balaban J connectivity index is 2.02. The quantitative estimate of drug-likeness (QED) is 0.443. The third-order valence-electron chi connectivity index (χ3n) is 5.80. The largest absolute Gasteiger partial charge is 0.352 e. The van der Waals surface area contributed by atoms with Crippen molar-refractivity contribution < 1.29 is 22.4 Å². The molecule has 1 unspecified atom stereocenters. The van der Waals surface area contributed by atoms with E-state index >= 15 is 0 Å². The van der Waals surface area contributed by atoms with Gasteiger partial charge in [0, 0.05) is 18.0 Å². The van der Waals surface area contributed by atoms with Crippen LogP contribution in [0.5, 0.6) is 0 Å². The lowest BCUT2D eigenvalue weighted by Crippen LogP contribution is -2.53.